The lowest BCUT2D eigenvalue weighted by molar-refractivity contribution is -0.129. The molecule has 3 aromatic carbocycles. The van der Waals surface area contributed by atoms with Crippen molar-refractivity contribution in [1.82, 2.24) is 0 Å². The van der Waals surface area contributed by atoms with Crippen LogP contribution < -0.4 is 10.2 Å². The molecule has 0 atom stereocenters. The van der Waals surface area contributed by atoms with Crippen molar-refractivity contribution in [2.45, 2.75) is 20.8 Å². The molecule has 0 unspecified atom stereocenters. The van der Waals surface area contributed by atoms with Crippen molar-refractivity contribution in [2.24, 2.45) is 0 Å². The van der Waals surface area contributed by atoms with Crippen LogP contribution in [0.2, 0.25) is 5.02 Å². The fourth-order valence-electron chi connectivity index (χ4n) is 3.52. The molecule has 1 heterocycles. The van der Waals surface area contributed by atoms with Gasteiger partial charge < -0.3 is 9.15 Å². The third kappa shape index (κ3) is 4.36. The number of hydrogen-bond acceptors (Lipinski definition) is 4. The standard InChI is InChI=1S/C27H21ClO4/c1-16-8-10-20(11-9-16)26-27(24(30)21-15-17(2)14-18(3)25(21)32-26)31-23(29)13-12-19-6-4-5-7-22(19)28/h4-15H,1-3H3. The van der Waals surface area contributed by atoms with Crippen LogP contribution >= 0.6 is 11.6 Å². The molecule has 1 aromatic heterocycles. The molecular weight excluding hydrogens is 424 g/mol. The number of hydrogen-bond donors (Lipinski definition) is 0. The van der Waals surface area contributed by atoms with Crippen molar-refractivity contribution in [3.63, 3.8) is 0 Å². The zero-order valence-corrected chi connectivity index (χ0v) is 18.7. The van der Waals surface area contributed by atoms with E-state index in [0.717, 1.165) is 16.7 Å². The summed E-state index contributed by atoms with van der Waals surface area (Å²) in [5.74, 6) is -0.622. The maximum atomic E-state index is 13.4. The summed E-state index contributed by atoms with van der Waals surface area (Å²) in [6.45, 7) is 5.75. The summed E-state index contributed by atoms with van der Waals surface area (Å²) in [6, 6.07) is 18.3. The summed E-state index contributed by atoms with van der Waals surface area (Å²) >= 11 is 6.14. The normalized spacial score (nSPS) is 11.2. The highest BCUT2D eigenvalue weighted by molar-refractivity contribution is 6.32. The third-order valence-corrected chi connectivity index (χ3v) is 5.44. The van der Waals surface area contributed by atoms with Crippen LogP contribution in [-0.2, 0) is 4.79 Å². The predicted molar refractivity (Wildman–Crippen MR) is 128 cm³/mol. The minimum atomic E-state index is -0.700. The Bertz CT molecular complexity index is 1410. The Morgan fingerprint density at radius 2 is 1.69 bits per heavy atom. The second kappa shape index (κ2) is 8.85. The zero-order valence-electron chi connectivity index (χ0n) is 17.9. The molecule has 0 aliphatic heterocycles. The molecule has 0 fully saturated rings. The van der Waals surface area contributed by atoms with Gasteiger partial charge in [-0.05, 0) is 55.7 Å². The van der Waals surface area contributed by atoms with Crippen molar-refractivity contribution in [3.8, 4) is 17.1 Å². The number of carbonyl (C=O) groups excluding carboxylic acids is 1. The largest absolute Gasteiger partial charge is 0.452 e. The van der Waals surface area contributed by atoms with Crippen molar-refractivity contribution in [1.29, 1.82) is 0 Å². The van der Waals surface area contributed by atoms with Gasteiger partial charge in [-0.3, -0.25) is 4.79 Å². The fraction of sp³-hybridized carbons (Fsp3) is 0.111. The summed E-state index contributed by atoms with van der Waals surface area (Å²) in [6.07, 6.45) is 2.79. The van der Waals surface area contributed by atoms with Gasteiger partial charge in [0.2, 0.25) is 11.2 Å². The lowest BCUT2D eigenvalue weighted by Gasteiger charge is -2.12. The lowest BCUT2D eigenvalue weighted by Crippen LogP contribution is -2.14. The number of esters is 1. The third-order valence-electron chi connectivity index (χ3n) is 5.10. The second-order valence-corrected chi connectivity index (χ2v) is 8.10. The van der Waals surface area contributed by atoms with Gasteiger partial charge in [0.15, 0.2) is 5.76 Å². The Labute approximate surface area is 190 Å². The summed E-state index contributed by atoms with van der Waals surface area (Å²) < 4.78 is 11.7. The minimum Gasteiger partial charge on any atom is -0.452 e. The molecule has 32 heavy (non-hydrogen) atoms. The summed E-state index contributed by atoms with van der Waals surface area (Å²) in [5.41, 5.74) is 4.21. The Balaban J connectivity index is 1.83. The lowest BCUT2D eigenvalue weighted by atomic mass is 10.0. The summed E-state index contributed by atoms with van der Waals surface area (Å²) in [4.78, 5) is 26.0. The topological polar surface area (TPSA) is 56.5 Å². The molecule has 0 saturated carbocycles. The molecule has 0 aliphatic carbocycles. The number of fused-ring (bicyclic) bond motifs is 1. The molecule has 0 aliphatic rings. The van der Waals surface area contributed by atoms with Gasteiger partial charge >= 0.3 is 5.97 Å². The Kier molecular flexibility index (Phi) is 5.97. The molecule has 0 spiro atoms. The van der Waals surface area contributed by atoms with E-state index in [2.05, 4.69) is 0 Å². The molecule has 0 saturated heterocycles. The molecule has 0 amide bonds. The maximum Gasteiger partial charge on any atom is 0.336 e. The van der Waals surface area contributed by atoms with E-state index in [1.807, 2.05) is 57.2 Å². The van der Waals surface area contributed by atoms with Crippen LogP contribution in [0.25, 0.3) is 28.4 Å². The maximum absolute atomic E-state index is 13.4. The quantitative estimate of drug-likeness (QED) is 0.261. The first-order valence-electron chi connectivity index (χ1n) is 10.1. The average Bonchev–Trinajstić information content (AvgIpc) is 2.76. The monoisotopic (exact) mass is 444 g/mol. The number of carbonyl (C=O) groups is 1. The molecule has 4 nitrogen and oxygen atoms in total. The minimum absolute atomic E-state index is 0.139. The van der Waals surface area contributed by atoms with Gasteiger partial charge in [0.05, 0.1) is 5.39 Å². The van der Waals surface area contributed by atoms with Gasteiger partial charge in [-0.1, -0.05) is 65.7 Å². The zero-order chi connectivity index (χ0) is 22.8. The fourth-order valence-corrected chi connectivity index (χ4v) is 3.72. The van der Waals surface area contributed by atoms with E-state index >= 15 is 0 Å². The van der Waals surface area contributed by atoms with Gasteiger partial charge in [0, 0.05) is 16.7 Å². The van der Waals surface area contributed by atoms with Gasteiger partial charge in [-0.2, -0.15) is 0 Å². The van der Waals surface area contributed by atoms with Crippen LogP contribution in [0.1, 0.15) is 22.3 Å². The molecule has 4 aromatic rings. The molecule has 0 bridgehead atoms. The van der Waals surface area contributed by atoms with Crippen LogP contribution in [-0.4, -0.2) is 5.97 Å². The van der Waals surface area contributed by atoms with E-state index in [0.29, 0.717) is 27.1 Å². The van der Waals surface area contributed by atoms with Crippen LogP contribution in [0.15, 0.2) is 76.0 Å². The number of rotatable bonds is 4. The number of benzene rings is 3. The first-order chi connectivity index (χ1) is 15.3. The number of ether oxygens (including phenoxy) is 1. The first-order valence-corrected chi connectivity index (χ1v) is 10.5. The molecule has 0 N–H and O–H groups in total. The van der Waals surface area contributed by atoms with Crippen LogP contribution in [0, 0.1) is 20.8 Å². The predicted octanol–water partition coefficient (Wildman–Crippen LogP) is 6.66. The first kappa shape index (κ1) is 21.6. The van der Waals surface area contributed by atoms with Crippen LogP contribution in [0.5, 0.6) is 5.75 Å². The summed E-state index contributed by atoms with van der Waals surface area (Å²) in [7, 11) is 0. The van der Waals surface area contributed by atoms with Crippen molar-refractivity contribution < 1.29 is 13.9 Å². The molecule has 160 valence electrons. The smallest absolute Gasteiger partial charge is 0.336 e. The molecular formula is C27H21ClO4. The van der Waals surface area contributed by atoms with E-state index < -0.39 is 11.4 Å². The Morgan fingerprint density at radius 1 is 0.969 bits per heavy atom. The Morgan fingerprint density at radius 3 is 2.41 bits per heavy atom. The van der Waals surface area contributed by atoms with Crippen LogP contribution in [0.4, 0.5) is 0 Å². The summed E-state index contributed by atoms with van der Waals surface area (Å²) in [5, 5.41) is 0.879. The van der Waals surface area contributed by atoms with Gasteiger partial charge in [0.1, 0.15) is 5.58 Å². The Hall–Kier alpha value is -3.63. The van der Waals surface area contributed by atoms with E-state index in [1.165, 1.54) is 6.08 Å². The molecule has 5 heteroatoms. The number of aryl methyl sites for hydroxylation is 3. The highest BCUT2D eigenvalue weighted by Gasteiger charge is 2.21. The SMILES string of the molecule is Cc1ccc(-c2oc3c(C)cc(C)cc3c(=O)c2OC(=O)C=Cc2ccccc2Cl)cc1. The van der Waals surface area contributed by atoms with Crippen molar-refractivity contribution in [2.75, 3.05) is 0 Å². The number of halogens is 1. The van der Waals surface area contributed by atoms with Gasteiger partial charge in [0.25, 0.3) is 0 Å². The highest BCUT2D eigenvalue weighted by Crippen LogP contribution is 2.33. The van der Waals surface area contributed by atoms with E-state index in [1.54, 1.807) is 30.3 Å². The van der Waals surface area contributed by atoms with E-state index in [-0.39, 0.29) is 11.5 Å². The van der Waals surface area contributed by atoms with Crippen LogP contribution in [0.3, 0.4) is 0 Å². The van der Waals surface area contributed by atoms with E-state index in [4.69, 9.17) is 20.8 Å². The molecule has 0 radical (unpaired) electrons. The average molecular weight is 445 g/mol. The highest BCUT2D eigenvalue weighted by atomic mass is 35.5. The second-order valence-electron chi connectivity index (χ2n) is 7.69. The van der Waals surface area contributed by atoms with Gasteiger partial charge in [-0.25, -0.2) is 4.79 Å². The van der Waals surface area contributed by atoms with E-state index in [9.17, 15) is 9.59 Å². The van der Waals surface area contributed by atoms with Gasteiger partial charge in [-0.15, -0.1) is 0 Å². The molecule has 4 rings (SSSR count). The van der Waals surface area contributed by atoms with Crippen molar-refractivity contribution >= 4 is 34.6 Å². The van der Waals surface area contributed by atoms with Crippen molar-refractivity contribution in [3.05, 3.63) is 104 Å².